The summed E-state index contributed by atoms with van der Waals surface area (Å²) < 4.78 is 63.1. The van der Waals surface area contributed by atoms with Crippen molar-refractivity contribution in [3.63, 3.8) is 0 Å². The van der Waals surface area contributed by atoms with Crippen LogP contribution in [0.25, 0.3) is 0 Å². The van der Waals surface area contributed by atoms with Crippen LogP contribution in [0.1, 0.15) is 12.0 Å². The number of halogens is 6. The van der Waals surface area contributed by atoms with Gasteiger partial charge in [-0.2, -0.15) is 0 Å². The third-order valence-electron chi connectivity index (χ3n) is 1.44. The van der Waals surface area contributed by atoms with E-state index < -0.39 is 18.5 Å². The standard InChI is InChI=1S/C8H4BrF5O/c9-6-3-4(15-8(12,13)14)1-2-5(6)7(10)11/h1-3,7H. The van der Waals surface area contributed by atoms with Crippen molar-refractivity contribution in [2.24, 2.45) is 0 Å². The second-order valence-electron chi connectivity index (χ2n) is 2.53. The Hall–Kier alpha value is -0.850. The molecule has 7 heteroatoms. The van der Waals surface area contributed by atoms with Crippen LogP contribution >= 0.6 is 15.9 Å². The second kappa shape index (κ2) is 4.34. The summed E-state index contributed by atoms with van der Waals surface area (Å²) in [6, 6.07) is 2.55. The molecule has 0 aliphatic carbocycles. The minimum Gasteiger partial charge on any atom is -0.406 e. The summed E-state index contributed by atoms with van der Waals surface area (Å²) in [6.45, 7) is 0. The highest BCUT2D eigenvalue weighted by Crippen LogP contribution is 2.32. The van der Waals surface area contributed by atoms with Crippen LogP contribution in [0.4, 0.5) is 22.0 Å². The minimum atomic E-state index is -4.83. The lowest BCUT2D eigenvalue weighted by atomic mass is 10.2. The molecule has 1 rings (SSSR count). The molecule has 0 fully saturated rings. The molecule has 0 spiro atoms. The van der Waals surface area contributed by atoms with E-state index >= 15 is 0 Å². The van der Waals surface area contributed by atoms with Gasteiger partial charge in [0, 0.05) is 10.0 Å². The Bertz CT molecular complexity index is 349. The minimum absolute atomic E-state index is 0.126. The molecule has 0 bridgehead atoms. The fraction of sp³-hybridized carbons (Fsp3) is 0.250. The molecule has 0 saturated heterocycles. The second-order valence-corrected chi connectivity index (χ2v) is 3.39. The van der Waals surface area contributed by atoms with Crippen molar-refractivity contribution in [3.8, 4) is 5.75 Å². The van der Waals surface area contributed by atoms with Gasteiger partial charge in [0.1, 0.15) is 5.75 Å². The molecule has 0 N–H and O–H groups in total. The number of hydrogen-bond donors (Lipinski definition) is 0. The highest BCUT2D eigenvalue weighted by atomic mass is 79.9. The predicted octanol–water partition coefficient (Wildman–Crippen LogP) is 4.29. The van der Waals surface area contributed by atoms with E-state index in [1.165, 1.54) is 0 Å². The van der Waals surface area contributed by atoms with Crippen LogP contribution in [-0.2, 0) is 0 Å². The molecular weight excluding hydrogens is 287 g/mol. The largest absolute Gasteiger partial charge is 0.573 e. The van der Waals surface area contributed by atoms with Crippen LogP contribution in [-0.4, -0.2) is 6.36 Å². The lowest BCUT2D eigenvalue weighted by Crippen LogP contribution is -2.17. The predicted molar refractivity (Wildman–Crippen MR) is 45.8 cm³/mol. The monoisotopic (exact) mass is 290 g/mol. The van der Waals surface area contributed by atoms with Crippen LogP contribution in [0.3, 0.4) is 0 Å². The first-order valence-electron chi connectivity index (χ1n) is 3.63. The van der Waals surface area contributed by atoms with Gasteiger partial charge in [-0.1, -0.05) is 15.9 Å². The molecule has 0 heterocycles. The molecule has 1 nitrogen and oxygen atoms in total. The molecule has 0 saturated carbocycles. The summed E-state index contributed by atoms with van der Waals surface area (Å²) in [6.07, 6.45) is -7.58. The van der Waals surface area contributed by atoms with Crippen molar-refractivity contribution in [2.45, 2.75) is 12.8 Å². The Morgan fingerprint density at radius 2 is 1.80 bits per heavy atom. The summed E-state index contributed by atoms with van der Waals surface area (Å²) in [7, 11) is 0. The molecule has 1 aromatic rings. The Morgan fingerprint density at radius 1 is 1.20 bits per heavy atom. The quantitative estimate of drug-likeness (QED) is 0.739. The fourth-order valence-corrected chi connectivity index (χ4v) is 1.41. The van der Waals surface area contributed by atoms with Crippen LogP contribution < -0.4 is 4.74 Å². The van der Waals surface area contributed by atoms with E-state index in [4.69, 9.17) is 0 Å². The van der Waals surface area contributed by atoms with E-state index in [9.17, 15) is 22.0 Å². The van der Waals surface area contributed by atoms with Crippen molar-refractivity contribution >= 4 is 15.9 Å². The Morgan fingerprint density at radius 3 is 2.20 bits per heavy atom. The van der Waals surface area contributed by atoms with Gasteiger partial charge in [0.15, 0.2) is 0 Å². The van der Waals surface area contributed by atoms with Gasteiger partial charge in [-0.15, -0.1) is 13.2 Å². The van der Waals surface area contributed by atoms with E-state index in [0.717, 1.165) is 18.2 Å². The zero-order valence-corrected chi connectivity index (χ0v) is 8.57. The van der Waals surface area contributed by atoms with Crippen LogP contribution in [0.2, 0.25) is 0 Å². The number of hydrogen-bond acceptors (Lipinski definition) is 1. The lowest BCUT2D eigenvalue weighted by molar-refractivity contribution is -0.274. The fourth-order valence-electron chi connectivity index (χ4n) is 0.882. The first kappa shape index (κ1) is 12.2. The summed E-state index contributed by atoms with van der Waals surface area (Å²) >= 11 is 2.73. The highest BCUT2D eigenvalue weighted by Gasteiger charge is 2.31. The van der Waals surface area contributed by atoms with Gasteiger partial charge in [0.2, 0.25) is 0 Å². The maximum Gasteiger partial charge on any atom is 0.573 e. The van der Waals surface area contributed by atoms with E-state index in [2.05, 4.69) is 20.7 Å². The molecular formula is C8H4BrF5O. The Labute approximate surface area is 90.0 Å². The van der Waals surface area contributed by atoms with Crippen LogP contribution in [0, 0.1) is 0 Å². The molecule has 15 heavy (non-hydrogen) atoms. The zero-order chi connectivity index (χ0) is 11.6. The maximum absolute atomic E-state index is 12.2. The van der Waals surface area contributed by atoms with E-state index in [-0.39, 0.29) is 10.0 Å². The smallest absolute Gasteiger partial charge is 0.406 e. The van der Waals surface area contributed by atoms with E-state index in [1.54, 1.807) is 0 Å². The van der Waals surface area contributed by atoms with Crippen LogP contribution in [0.15, 0.2) is 22.7 Å². The number of rotatable bonds is 2. The SMILES string of the molecule is FC(F)c1ccc(OC(F)(F)F)cc1Br. The van der Waals surface area contributed by atoms with Crippen molar-refractivity contribution in [2.75, 3.05) is 0 Å². The molecule has 0 atom stereocenters. The molecule has 0 aliphatic rings. The molecule has 84 valence electrons. The van der Waals surface area contributed by atoms with Gasteiger partial charge in [-0.05, 0) is 18.2 Å². The van der Waals surface area contributed by atoms with Gasteiger partial charge in [-0.25, -0.2) is 8.78 Å². The third kappa shape index (κ3) is 3.65. The third-order valence-corrected chi connectivity index (χ3v) is 2.13. The number of ether oxygens (including phenoxy) is 1. The normalized spacial score (nSPS) is 11.9. The van der Waals surface area contributed by atoms with Crippen molar-refractivity contribution < 1.29 is 26.7 Å². The van der Waals surface area contributed by atoms with Crippen molar-refractivity contribution in [3.05, 3.63) is 28.2 Å². The molecule has 1 aromatic carbocycles. The number of alkyl halides is 5. The van der Waals surface area contributed by atoms with Gasteiger partial charge in [-0.3, -0.25) is 0 Å². The molecule has 0 radical (unpaired) electrons. The van der Waals surface area contributed by atoms with Gasteiger partial charge in [0.25, 0.3) is 6.43 Å². The van der Waals surface area contributed by atoms with Gasteiger partial charge >= 0.3 is 6.36 Å². The average molecular weight is 291 g/mol. The van der Waals surface area contributed by atoms with Crippen molar-refractivity contribution in [1.29, 1.82) is 0 Å². The topological polar surface area (TPSA) is 9.23 Å². The highest BCUT2D eigenvalue weighted by molar-refractivity contribution is 9.10. The Kier molecular flexibility index (Phi) is 3.54. The van der Waals surface area contributed by atoms with Gasteiger partial charge < -0.3 is 4.74 Å². The molecule has 0 unspecified atom stereocenters. The molecule has 0 aromatic heterocycles. The van der Waals surface area contributed by atoms with E-state index in [1.807, 2.05) is 0 Å². The average Bonchev–Trinajstić information content (AvgIpc) is 1.99. The van der Waals surface area contributed by atoms with Crippen LogP contribution in [0.5, 0.6) is 5.75 Å². The molecule has 0 amide bonds. The van der Waals surface area contributed by atoms with Gasteiger partial charge in [0.05, 0.1) is 0 Å². The maximum atomic E-state index is 12.2. The summed E-state index contributed by atoms with van der Waals surface area (Å²) in [5.41, 5.74) is -0.385. The first-order chi connectivity index (χ1) is 6.79. The molecule has 0 aliphatic heterocycles. The summed E-state index contributed by atoms with van der Waals surface area (Å²) in [4.78, 5) is 0. The van der Waals surface area contributed by atoms with E-state index in [0.29, 0.717) is 0 Å². The lowest BCUT2D eigenvalue weighted by Gasteiger charge is -2.10. The summed E-state index contributed by atoms with van der Waals surface area (Å²) in [5.74, 6) is -0.543. The summed E-state index contributed by atoms with van der Waals surface area (Å²) in [5, 5.41) is 0. The number of benzene rings is 1. The zero-order valence-electron chi connectivity index (χ0n) is 6.99. The van der Waals surface area contributed by atoms with Crippen molar-refractivity contribution in [1.82, 2.24) is 0 Å². The first-order valence-corrected chi connectivity index (χ1v) is 4.42. The Balaban J connectivity index is 2.92.